The Bertz CT molecular complexity index is 147. The van der Waals surface area contributed by atoms with E-state index in [1.807, 2.05) is 0 Å². The Hall–Kier alpha value is -0.120. The van der Waals surface area contributed by atoms with E-state index in [9.17, 15) is 0 Å². The minimum atomic E-state index is 0.294. The summed E-state index contributed by atoms with van der Waals surface area (Å²) in [5.41, 5.74) is 0. The summed E-state index contributed by atoms with van der Waals surface area (Å²) in [6.45, 7) is 7.99. The Balaban J connectivity index is 1.97. The van der Waals surface area contributed by atoms with Gasteiger partial charge in [0.05, 0.1) is 18.8 Å². The molecule has 1 rings (SSSR count). The second-order valence-electron chi connectivity index (χ2n) is 4.34. The summed E-state index contributed by atoms with van der Waals surface area (Å²) < 4.78 is 11.3. The van der Waals surface area contributed by atoms with Crippen molar-refractivity contribution in [2.45, 2.75) is 51.7 Å². The summed E-state index contributed by atoms with van der Waals surface area (Å²) in [5, 5.41) is 3.36. The lowest BCUT2D eigenvalue weighted by molar-refractivity contribution is -0.0583. The fourth-order valence-corrected chi connectivity index (χ4v) is 1.75. The zero-order valence-corrected chi connectivity index (χ0v) is 10.1. The summed E-state index contributed by atoms with van der Waals surface area (Å²) in [5.74, 6) is 0. The summed E-state index contributed by atoms with van der Waals surface area (Å²) >= 11 is 0. The molecule has 2 atom stereocenters. The maximum atomic E-state index is 5.74. The predicted octanol–water partition coefficient (Wildman–Crippen LogP) is 1.96. The van der Waals surface area contributed by atoms with Gasteiger partial charge in [0.2, 0.25) is 0 Å². The van der Waals surface area contributed by atoms with Crippen LogP contribution in [0.15, 0.2) is 0 Å². The van der Waals surface area contributed by atoms with Crippen molar-refractivity contribution in [1.29, 1.82) is 0 Å². The number of nitrogens with one attached hydrogen (secondary N) is 1. The third-order valence-corrected chi connectivity index (χ3v) is 2.70. The van der Waals surface area contributed by atoms with Gasteiger partial charge in [-0.3, -0.25) is 0 Å². The lowest BCUT2D eigenvalue weighted by Crippen LogP contribution is -2.31. The summed E-state index contributed by atoms with van der Waals surface area (Å²) in [7, 11) is 0. The Morgan fingerprint density at radius 1 is 1.47 bits per heavy atom. The first-order valence-electron chi connectivity index (χ1n) is 6.27. The molecular weight excluding hydrogens is 190 g/mol. The minimum Gasteiger partial charge on any atom is -0.376 e. The highest BCUT2D eigenvalue weighted by molar-refractivity contribution is 4.64. The van der Waals surface area contributed by atoms with Crippen LogP contribution in [0.25, 0.3) is 0 Å². The van der Waals surface area contributed by atoms with E-state index in [0.29, 0.717) is 12.2 Å². The number of ether oxygens (including phenoxy) is 2. The van der Waals surface area contributed by atoms with Crippen molar-refractivity contribution >= 4 is 0 Å². The van der Waals surface area contributed by atoms with Gasteiger partial charge in [-0.2, -0.15) is 0 Å². The zero-order valence-electron chi connectivity index (χ0n) is 10.1. The van der Waals surface area contributed by atoms with Crippen LogP contribution < -0.4 is 5.32 Å². The van der Waals surface area contributed by atoms with Crippen LogP contribution in [0.3, 0.4) is 0 Å². The van der Waals surface area contributed by atoms with Gasteiger partial charge in [0.15, 0.2) is 0 Å². The van der Waals surface area contributed by atoms with Crippen molar-refractivity contribution in [1.82, 2.24) is 5.32 Å². The SMILES string of the molecule is CCCNCC(C)OCC1CCCCO1. The number of hydrogen-bond acceptors (Lipinski definition) is 3. The molecule has 0 aromatic heterocycles. The van der Waals surface area contributed by atoms with Crippen molar-refractivity contribution in [2.75, 3.05) is 26.3 Å². The fourth-order valence-electron chi connectivity index (χ4n) is 1.75. The lowest BCUT2D eigenvalue weighted by atomic mass is 10.1. The van der Waals surface area contributed by atoms with Crippen LogP contribution in [-0.2, 0) is 9.47 Å². The van der Waals surface area contributed by atoms with E-state index in [2.05, 4.69) is 19.2 Å². The van der Waals surface area contributed by atoms with Crippen molar-refractivity contribution in [3.8, 4) is 0 Å². The van der Waals surface area contributed by atoms with Gasteiger partial charge in [-0.25, -0.2) is 0 Å². The Morgan fingerprint density at radius 3 is 3.00 bits per heavy atom. The van der Waals surface area contributed by atoms with Gasteiger partial charge in [-0.05, 0) is 39.2 Å². The predicted molar refractivity (Wildman–Crippen MR) is 62.2 cm³/mol. The van der Waals surface area contributed by atoms with Crippen LogP contribution in [0.1, 0.15) is 39.5 Å². The molecule has 0 saturated carbocycles. The van der Waals surface area contributed by atoms with E-state index in [0.717, 1.165) is 32.7 Å². The molecule has 0 spiro atoms. The second kappa shape index (κ2) is 8.08. The molecule has 3 nitrogen and oxygen atoms in total. The standard InChI is InChI=1S/C12H25NO2/c1-3-7-13-9-11(2)15-10-12-6-4-5-8-14-12/h11-13H,3-10H2,1-2H3. The van der Waals surface area contributed by atoms with Crippen LogP contribution in [0.4, 0.5) is 0 Å². The molecule has 1 aliphatic heterocycles. The Labute approximate surface area is 93.5 Å². The van der Waals surface area contributed by atoms with E-state index in [1.165, 1.54) is 19.3 Å². The van der Waals surface area contributed by atoms with Crippen molar-refractivity contribution in [2.24, 2.45) is 0 Å². The topological polar surface area (TPSA) is 30.5 Å². The molecular formula is C12H25NO2. The Kier molecular flexibility index (Phi) is 6.98. The van der Waals surface area contributed by atoms with E-state index in [1.54, 1.807) is 0 Å². The van der Waals surface area contributed by atoms with Gasteiger partial charge in [0, 0.05) is 13.2 Å². The van der Waals surface area contributed by atoms with Crippen molar-refractivity contribution < 1.29 is 9.47 Å². The van der Waals surface area contributed by atoms with Gasteiger partial charge in [0.1, 0.15) is 0 Å². The number of rotatable bonds is 7. The van der Waals surface area contributed by atoms with Crippen LogP contribution in [-0.4, -0.2) is 38.5 Å². The molecule has 0 aromatic rings. The van der Waals surface area contributed by atoms with Crippen molar-refractivity contribution in [3.05, 3.63) is 0 Å². The van der Waals surface area contributed by atoms with Crippen LogP contribution >= 0.6 is 0 Å². The molecule has 15 heavy (non-hydrogen) atoms. The quantitative estimate of drug-likeness (QED) is 0.659. The van der Waals surface area contributed by atoms with Crippen LogP contribution in [0, 0.1) is 0 Å². The van der Waals surface area contributed by atoms with Gasteiger partial charge in [-0.15, -0.1) is 0 Å². The smallest absolute Gasteiger partial charge is 0.0808 e. The molecule has 1 fully saturated rings. The molecule has 1 saturated heterocycles. The third-order valence-electron chi connectivity index (χ3n) is 2.70. The molecule has 0 bridgehead atoms. The molecule has 1 N–H and O–H groups in total. The molecule has 0 aromatic carbocycles. The molecule has 1 heterocycles. The normalized spacial score (nSPS) is 24.0. The van der Waals surface area contributed by atoms with Crippen molar-refractivity contribution in [3.63, 3.8) is 0 Å². The molecule has 0 amide bonds. The van der Waals surface area contributed by atoms with E-state index in [-0.39, 0.29) is 0 Å². The average Bonchev–Trinajstić information content (AvgIpc) is 2.28. The van der Waals surface area contributed by atoms with Crippen LogP contribution in [0.2, 0.25) is 0 Å². The van der Waals surface area contributed by atoms with E-state index >= 15 is 0 Å². The largest absolute Gasteiger partial charge is 0.376 e. The first-order valence-corrected chi connectivity index (χ1v) is 6.27. The fraction of sp³-hybridized carbons (Fsp3) is 1.00. The third kappa shape index (κ3) is 6.13. The van der Waals surface area contributed by atoms with E-state index in [4.69, 9.17) is 9.47 Å². The molecule has 2 unspecified atom stereocenters. The van der Waals surface area contributed by atoms with Gasteiger partial charge >= 0.3 is 0 Å². The van der Waals surface area contributed by atoms with Crippen LogP contribution in [0.5, 0.6) is 0 Å². The first-order chi connectivity index (χ1) is 7.33. The van der Waals surface area contributed by atoms with Gasteiger partial charge < -0.3 is 14.8 Å². The highest BCUT2D eigenvalue weighted by atomic mass is 16.5. The minimum absolute atomic E-state index is 0.294. The highest BCUT2D eigenvalue weighted by Crippen LogP contribution is 2.13. The molecule has 0 aliphatic carbocycles. The number of hydrogen-bond donors (Lipinski definition) is 1. The molecule has 90 valence electrons. The summed E-state index contributed by atoms with van der Waals surface area (Å²) in [6.07, 6.45) is 5.48. The molecule has 3 heteroatoms. The average molecular weight is 215 g/mol. The molecule has 1 aliphatic rings. The monoisotopic (exact) mass is 215 g/mol. The van der Waals surface area contributed by atoms with Gasteiger partial charge in [0.25, 0.3) is 0 Å². The second-order valence-corrected chi connectivity index (χ2v) is 4.34. The highest BCUT2D eigenvalue weighted by Gasteiger charge is 2.14. The lowest BCUT2D eigenvalue weighted by Gasteiger charge is -2.24. The zero-order chi connectivity index (χ0) is 10.9. The Morgan fingerprint density at radius 2 is 2.33 bits per heavy atom. The molecule has 0 radical (unpaired) electrons. The first kappa shape index (κ1) is 12.9. The van der Waals surface area contributed by atoms with Gasteiger partial charge in [-0.1, -0.05) is 6.92 Å². The maximum Gasteiger partial charge on any atom is 0.0808 e. The van der Waals surface area contributed by atoms with E-state index < -0.39 is 0 Å². The maximum absolute atomic E-state index is 5.74. The summed E-state index contributed by atoms with van der Waals surface area (Å²) in [6, 6.07) is 0. The summed E-state index contributed by atoms with van der Waals surface area (Å²) in [4.78, 5) is 0.